The molecule has 1 aliphatic heterocycles. The highest BCUT2D eigenvalue weighted by Crippen LogP contribution is 2.34. The van der Waals surface area contributed by atoms with Crippen LogP contribution in [0.3, 0.4) is 0 Å². The molecule has 1 aromatic carbocycles. The van der Waals surface area contributed by atoms with Gasteiger partial charge in [0.2, 0.25) is 0 Å². The van der Waals surface area contributed by atoms with Gasteiger partial charge in [-0.1, -0.05) is 0 Å². The van der Waals surface area contributed by atoms with Crippen molar-refractivity contribution in [3.63, 3.8) is 0 Å². The first-order valence-electron chi connectivity index (χ1n) is 13.9. The van der Waals surface area contributed by atoms with Gasteiger partial charge in [0.05, 0.1) is 39.2 Å². The van der Waals surface area contributed by atoms with Crippen LogP contribution in [-0.4, -0.2) is 58.3 Å². The predicted molar refractivity (Wildman–Crippen MR) is 157 cm³/mol. The third-order valence-electron chi connectivity index (χ3n) is 6.73. The molecule has 0 radical (unpaired) electrons. The summed E-state index contributed by atoms with van der Waals surface area (Å²) in [5, 5.41) is 11.0. The lowest BCUT2D eigenvalue weighted by Crippen LogP contribution is -2.09. The van der Waals surface area contributed by atoms with Crippen molar-refractivity contribution < 1.29 is 23.3 Å². The quantitative estimate of drug-likeness (QED) is 0.211. The number of aromatic nitrogens is 5. The second kappa shape index (κ2) is 13.0. The minimum atomic E-state index is -1.38. The summed E-state index contributed by atoms with van der Waals surface area (Å²) in [6.07, 6.45) is 5.03. The molecule has 2 atom stereocenters. The van der Waals surface area contributed by atoms with Crippen LogP contribution in [0.2, 0.25) is 0 Å². The van der Waals surface area contributed by atoms with Gasteiger partial charge in [-0.15, -0.1) is 0 Å². The Kier molecular flexibility index (Phi) is 9.01. The summed E-state index contributed by atoms with van der Waals surface area (Å²) in [6, 6.07) is 9.29. The molecule has 1 fully saturated rings. The fourth-order valence-electron chi connectivity index (χ4n) is 4.59. The number of anilines is 3. The van der Waals surface area contributed by atoms with Crippen molar-refractivity contribution in [2.75, 3.05) is 38.1 Å². The Hall–Kier alpha value is -4.45. The molecule has 12 heteroatoms. The van der Waals surface area contributed by atoms with Crippen molar-refractivity contribution in [1.29, 1.82) is 0 Å². The van der Waals surface area contributed by atoms with Crippen LogP contribution in [-0.2, 0) is 11.3 Å². The Morgan fingerprint density at radius 3 is 2.57 bits per heavy atom. The van der Waals surface area contributed by atoms with Crippen molar-refractivity contribution >= 4 is 17.5 Å². The molecule has 0 unspecified atom stereocenters. The lowest BCUT2D eigenvalue weighted by atomic mass is 10.1. The van der Waals surface area contributed by atoms with Crippen molar-refractivity contribution in [2.45, 2.75) is 52.1 Å². The summed E-state index contributed by atoms with van der Waals surface area (Å²) in [5.41, 5.74) is 2.60. The van der Waals surface area contributed by atoms with E-state index in [2.05, 4.69) is 30.7 Å². The molecule has 0 saturated carbocycles. The van der Waals surface area contributed by atoms with Gasteiger partial charge in [0, 0.05) is 60.4 Å². The standard InChI is InChI=1S/C30H36FN7O4/c1-18(2)42-26-11-27(33-15-24(26)21-14-34-38(16-21)22-8-9-41-17-22)35-29-12-28(36-30(37-29)19(3)31)32-13-20-6-7-23(39-4)10-25(20)40-5/h6-7,10-12,14-16,18-19,22H,8-9,13,17H2,1-5H3,(H2,32,33,35,36,37)/t19-,22-/m0/s1. The number of hydrogen-bond donors (Lipinski definition) is 2. The number of nitrogens with one attached hydrogen (secondary N) is 2. The third-order valence-corrected chi connectivity index (χ3v) is 6.73. The van der Waals surface area contributed by atoms with Crippen LogP contribution in [0.4, 0.5) is 21.8 Å². The van der Waals surface area contributed by atoms with E-state index in [1.807, 2.05) is 43.1 Å². The molecule has 1 aliphatic rings. The van der Waals surface area contributed by atoms with Crippen LogP contribution in [0.25, 0.3) is 11.1 Å². The number of pyridine rings is 1. The zero-order valence-electron chi connectivity index (χ0n) is 24.4. The topological polar surface area (TPSA) is 117 Å². The summed E-state index contributed by atoms with van der Waals surface area (Å²) < 4.78 is 38.8. The summed E-state index contributed by atoms with van der Waals surface area (Å²) in [5.74, 6) is 3.36. The number of alkyl halides is 1. The largest absolute Gasteiger partial charge is 0.497 e. The molecule has 0 bridgehead atoms. The SMILES string of the molecule is COc1ccc(CNc2cc(Nc3cc(OC(C)C)c(-c4cnn([C@H]5CCOC5)c4)cn3)nc([C@H](C)F)n2)c(OC)c1. The van der Waals surface area contributed by atoms with E-state index >= 15 is 0 Å². The minimum absolute atomic E-state index is 0.0442. The number of nitrogens with zero attached hydrogens (tertiary/aromatic N) is 5. The van der Waals surface area contributed by atoms with E-state index in [9.17, 15) is 4.39 Å². The first-order valence-corrected chi connectivity index (χ1v) is 13.9. The van der Waals surface area contributed by atoms with Gasteiger partial charge in [-0.2, -0.15) is 5.10 Å². The molecule has 5 rings (SSSR count). The van der Waals surface area contributed by atoms with Gasteiger partial charge in [0.15, 0.2) is 12.0 Å². The molecule has 3 aromatic heterocycles. The number of halogens is 1. The Labute approximate surface area is 244 Å². The Morgan fingerprint density at radius 1 is 1.02 bits per heavy atom. The average molecular weight is 578 g/mol. The number of rotatable bonds is 12. The Morgan fingerprint density at radius 2 is 1.86 bits per heavy atom. The lowest BCUT2D eigenvalue weighted by molar-refractivity contribution is 0.184. The smallest absolute Gasteiger partial charge is 0.166 e. The zero-order chi connectivity index (χ0) is 29.6. The lowest BCUT2D eigenvalue weighted by Gasteiger charge is -2.16. The maximum absolute atomic E-state index is 14.4. The summed E-state index contributed by atoms with van der Waals surface area (Å²) in [6.45, 7) is 7.11. The van der Waals surface area contributed by atoms with Crippen LogP contribution in [0.1, 0.15) is 50.8 Å². The number of methoxy groups -OCH3 is 2. The highest BCUT2D eigenvalue weighted by atomic mass is 19.1. The highest BCUT2D eigenvalue weighted by molar-refractivity contribution is 5.71. The molecule has 42 heavy (non-hydrogen) atoms. The monoisotopic (exact) mass is 577 g/mol. The van der Waals surface area contributed by atoms with E-state index in [1.54, 1.807) is 38.6 Å². The first kappa shape index (κ1) is 29.1. The zero-order valence-corrected chi connectivity index (χ0v) is 24.4. The molecule has 1 saturated heterocycles. The van der Waals surface area contributed by atoms with Crippen molar-refractivity contribution in [1.82, 2.24) is 24.7 Å². The van der Waals surface area contributed by atoms with Crippen LogP contribution in [0.15, 0.2) is 48.9 Å². The van der Waals surface area contributed by atoms with Gasteiger partial charge in [0.1, 0.15) is 34.7 Å². The minimum Gasteiger partial charge on any atom is -0.497 e. The van der Waals surface area contributed by atoms with E-state index in [0.29, 0.717) is 47.9 Å². The summed E-state index contributed by atoms with van der Waals surface area (Å²) in [4.78, 5) is 13.3. The molecule has 0 amide bonds. The molecule has 0 spiro atoms. The van der Waals surface area contributed by atoms with E-state index < -0.39 is 6.17 Å². The van der Waals surface area contributed by atoms with E-state index in [1.165, 1.54) is 6.92 Å². The van der Waals surface area contributed by atoms with Crippen molar-refractivity contribution in [3.05, 3.63) is 60.3 Å². The van der Waals surface area contributed by atoms with Crippen LogP contribution >= 0.6 is 0 Å². The second-order valence-corrected chi connectivity index (χ2v) is 10.2. The second-order valence-electron chi connectivity index (χ2n) is 10.2. The fourth-order valence-corrected chi connectivity index (χ4v) is 4.59. The molecule has 0 aliphatic carbocycles. The van der Waals surface area contributed by atoms with E-state index in [4.69, 9.17) is 18.9 Å². The average Bonchev–Trinajstić information content (AvgIpc) is 3.68. The maximum Gasteiger partial charge on any atom is 0.166 e. The molecule has 11 nitrogen and oxygen atoms in total. The van der Waals surface area contributed by atoms with Gasteiger partial charge < -0.3 is 29.6 Å². The molecular weight excluding hydrogens is 541 g/mol. The first-order chi connectivity index (χ1) is 20.3. The van der Waals surface area contributed by atoms with Crippen molar-refractivity contribution in [3.8, 4) is 28.4 Å². The molecular formula is C30H36FN7O4. The maximum atomic E-state index is 14.4. The molecule has 222 valence electrons. The van der Waals surface area contributed by atoms with E-state index in [0.717, 1.165) is 29.7 Å². The molecule has 4 heterocycles. The van der Waals surface area contributed by atoms with Gasteiger partial charge in [-0.25, -0.2) is 19.3 Å². The molecule has 2 N–H and O–H groups in total. The highest BCUT2D eigenvalue weighted by Gasteiger charge is 2.20. The van der Waals surface area contributed by atoms with Gasteiger partial charge in [-0.3, -0.25) is 4.68 Å². The normalized spacial score (nSPS) is 15.5. The number of benzene rings is 1. The van der Waals surface area contributed by atoms with Gasteiger partial charge >= 0.3 is 0 Å². The Bertz CT molecular complexity index is 1510. The van der Waals surface area contributed by atoms with Crippen LogP contribution in [0.5, 0.6) is 17.2 Å². The van der Waals surface area contributed by atoms with E-state index in [-0.39, 0.29) is 18.0 Å². The fraction of sp³-hybridized carbons (Fsp3) is 0.400. The summed E-state index contributed by atoms with van der Waals surface area (Å²) in [7, 11) is 3.20. The third kappa shape index (κ3) is 6.88. The number of hydrogen-bond acceptors (Lipinski definition) is 10. The Balaban J connectivity index is 1.38. The number of ether oxygens (including phenoxy) is 4. The van der Waals surface area contributed by atoms with Crippen molar-refractivity contribution in [2.24, 2.45) is 0 Å². The van der Waals surface area contributed by atoms with Gasteiger partial charge in [-0.05, 0) is 39.3 Å². The van der Waals surface area contributed by atoms with Gasteiger partial charge in [0.25, 0.3) is 0 Å². The molecule has 4 aromatic rings. The van der Waals surface area contributed by atoms with Crippen LogP contribution in [0, 0.1) is 0 Å². The predicted octanol–water partition coefficient (Wildman–Crippen LogP) is 5.89. The van der Waals surface area contributed by atoms with Crippen LogP contribution < -0.4 is 24.8 Å². The summed E-state index contributed by atoms with van der Waals surface area (Å²) >= 11 is 0.